The van der Waals surface area contributed by atoms with Crippen LogP contribution in [0.2, 0.25) is 10.0 Å². The number of benzene rings is 2. The number of nitrogens with zero attached hydrogens (tertiary/aromatic N) is 1. The maximum atomic E-state index is 13.3. The molecule has 2 aliphatic heterocycles. The number of rotatable bonds is 9. The Morgan fingerprint density at radius 1 is 1.10 bits per heavy atom. The number of halogens is 2. The van der Waals surface area contributed by atoms with Gasteiger partial charge in [-0.05, 0) is 68.5 Å². The summed E-state index contributed by atoms with van der Waals surface area (Å²) in [5.74, 6) is -1.94. The zero-order valence-corrected chi connectivity index (χ0v) is 24.3. The summed E-state index contributed by atoms with van der Waals surface area (Å²) in [7, 11) is 0. The minimum atomic E-state index is -0.909. The van der Waals surface area contributed by atoms with Crippen molar-refractivity contribution in [3.63, 3.8) is 0 Å². The van der Waals surface area contributed by atoms with E-state index in [0.29, 0.717) is 42.9 Å². The summed E-state index contributed by atoms with van der Waals surface area (Å²) in [6, 6.07) is 9.68. The van der Waals surface area contributed by atoms with Crippen LogP contribution in [0.25, 0.3) is 0 Å². The molecule has 4 amide bonds. The van der Waals surface area contributed by atoms with Crippen molar-refractivity contribution in [2.24, 2.45) is 0 Å². The monoisotopic (exact) mass is 602 g/mol. The van der Waals surface area contributed by atoms with E-state index in [4.69, 9.17) is 27.9 Å². The number of aryl methyl sites for hydroxylation is 1. The largest absolute Gasteiger partial charge is 0.460 e. The Labute approximate surface area is 248 Å². The van der Waals surface area contributed by atoms with Crippen molar-refractivity contribution in [3.8, 4) is 0 Å². The average molecular weight is 604 g/mol. The molecule has 0 bridgehead atoms. The molecular weight excluding hydrogens is 571 g/mol. The first kappa shape index (κ1) is 30.3. The predicted molar refractivity (Wildman–Crippen MR) is 154 cm³/mol. The molecule has 2 heterocycles. The molecule has 3 N–H and O–H groups in total. The maximum absolute atomic E-state index is 13.3. The van der Waals surface area contributed by atoms with Crippen LogP contribution in [0.3, 0.4) is 0 Å². The number of esters is 1. The number of likely N-dealkylation sites (tertiary alicyclic amines) is 1. The first-order valence-corrected chi connectivity index (χ1v) is 14.2. The third-order valence-electron chi connectivity index (χ3n) is 7.18. The van der Waals surface area contributed by atoms with Crippen LogP contribution >= 0.6 is 23.2 Å². The van der Waals surface area contributed by atoms with Crippen LogP contribution in [0.4, 0.5) is 5.69 Å². The topological polar surface area (TPSA) is 134 Å². The number of nitrogens with one attached hydrogen (secondary N) is 3. The molecule has 41 heavy (non-hydrogen) atoms. The number of anilines is 1. The van der Waals surface area contributed by atoms with E-state index < -0.39 is 36.0 Å². The van der Waals surface area contributed by atoms with Gasteiger partial charge in [0.05, 0.1) is 23.2 Å². The van der Waals surface area contributed by atoms with Crippen LogP contribution < -0.4 is 16.0 Å². The van der Waals surface area contributed by atoms with Crippen LogP contribution in [0, 0.1) is 0 Å². The zero-order valence-electron chi connectivity index (χ0n) is 22.7. The Bertz CT molecular complexity index is 1340. The molecule has 0 unspecified atom stereocenters. The molecule has 2 aliphatic rings. The zero-order chi connectivity index (χ0) is 29.7. The SMILES string of the molecule is CC(=O)Nc1ccc(C(=O)N[C@@H](C)C(=O)N2CCC[C@H]2C(=O)N[C@H]2CC(=O)O[C@H]2CCc2ccc(Cl)cc2)cc1Cl. The summed E-state index contributed by atoms with van der Waals surface area (Å²) in [6.45, 7) is 3.27. The molecule has 10 nitrogen and oxygen atoms in total. The molecule has 12 heteroatoms. The second-order valence-corrected chi connectivity index (χ2v) is 11.1. The van der Waals surface area contributed by atoms with E-state index in [2.05, 4.69) is 16.0 Å². The summed E-state index contributed by atoms with van der Waals surface area (Å²) < 4.78 is 5.48. The van der Waals surface area contributed by atoms with Gasteiger partial charge in [-0.15, -0.1) is 0 Å². The summed E-state index contributed by atoms with van der Waals surface area (Å²) in [5.41, 5.74) is 1.62. The summed E-state index contributed by atoms with van der Waals surface area (Å²) in [5, 5.41) is 8.98. The van der Waals surface area contributed by atoms with Gasteiger partial charge in [-0.2, -0.15) is 0 Å². The Morgan fingerprint density at radius 3 is 2.51 bits per heavy atom. The van der Waals surface area contributed by atoms with Crippen LogP contribution in [0.15, 0.2) is 42.5 Å². The molecule has 2 fully saturated rings. The van der Waals surface area contributed by atoms with Crippen molar-refractivity contribution >= 4 is 58.5 Å². The van der Waals surface area contributed by atoms with Gasteiger partial charge in [0.25, 0.3) is 5.91 Å². The molecule has 218 valence electrons. The van der Waals surface area contributed by atoms with Gasteiger partial charge in [-0.3, -0.25) is 24.0 Å². The fourth-order valence-corrected chi connectivity index (χ4v) is 5.45. The second-order valence-electron chi connectivity index (χ2n) is 10.3. The van der Waals surface area contributed by atoms with E-state index >= 15 is 0 Å². The van der Waals surface area contributed by atoms with Gasteiger partial charge in [-0.25, -0.2) is 0 Å². The van der Waals surface area contributed by atoms with E-state index in [9.17, 15) is 24.0 Å². The Balaban J connectivity index is 1.34. The van der Waals surface area contributed by atoms with E-state index in [1.165, 1.54) is 30.0 Å². The van der Waals surface area contributed by atoms with Crippen LogP contribution in [-0.2, 0) is 30.3 Å². The van der Waals surface area contributed by atoms with Gasteiger partial charge < -0.3 is 25.6 Å². The van der Waals surface area contributed by atoms with Crippen molar-refractivity contribution in [1.29, 1.82) is 0 Å². The third-order valence-corrected chi connectivity index (χ3v) is 7.74. The fourth-order valence-electron chi connectivity index (χ4n) is 5.09. The highest BCUT2D eigenvalue weighted by Gasteiger charge is 2.40. The smallest absolute Gasteiger partial charge is 0.308 e. The molecule has 0 aromatic heterocycles. The second kappa shape index (κ2) is 13.4. The summed E-state index contributed by atoms with van der Waals surface area (Å²) in [6.07, 6.45) is 1.86. The maximum Gasteiger partial charge on any atom is 0.308 e. The van der Waals surface area contributed by atoms with Gasteiger partial charge in [0.15, 0.2) is 0 Å². The quantitative estimate of drug-likeness (QED) is 0.376. The average Bonchev–Trinajstić information content (AvgIpc) is 3.55. The molecule has 0 radical (unpaired) electrons. The molecule has 4 rings (SSSR count). The lowest BCUT2D eigenvalue weighted by molar-refractivity contribution is -0.142. The molecule has 2 aromatic carbocycles. The molecule has 4 atom stereocenters. The van der Waals surface area contributed by atoms with Gasteiger partial charge in [0.1, 0.15) is 18.2 Å². The molecule has 2 saturated heterocycles. The number of ether oxygens (including phenoxy) is 1. The minimum Gasteiger partial charge on any atom is -0.460 e. The number of hydrogen-bond donors (Lipinski definition) is 3. The summed E-state index contributed by atoms with van der Waals surface area (Å²) in [4.78, 5) is 64.2. The first-order valence-electron chi connectivity index (χ1n) is 13.4. The Morgan fingerprint density at radius 2 is 1.83 bits per heavy atom. The fraction of sp³-hybridized carbons (Fsp3) is 0.414. The lowest BCUT2D eigenvalue weighted by atomic mass is 10.0. The summed E-state index contributed by atoms with van der Waals surface area (Å²) >= 11 is 12.1. The van der Waals surface area contributed by atoms with Crippen molar-refractivity contribution < 1.29 is 28.7 Å². The standard InChI is InChI=1S/C29H32Cl2N4O6/c1-16(32-27(38)19-8-11-22(21(31)14-19)33-17(2)36)29(40)35-13-3-4-24(35)28(39)34-23-15-26(37)41-25(23)12-7-18-5-9-20(30)10-6-18/h5-6,8-11,14,16,23-25H,3-4,7,12-13,15H2,1-2H3,(H,32,38)(H,33,36)(H,34,39)/t16-,23-,24-,25-/m0/s1. The van der Waals surface area contributed by atoms with E-state index in [-0.39, 0.29) is 34.8 Å². The lowest BCUT2D eigenvalue weighted by Gasteiger charge is -2.28. The van der Waals surface area contributed by atoms with Crippen molar-refractivity contribution in [2.45, 2.75) is 70.2 Å². The van der Waals surface area contributed by atoms with Crippen molar-refractivity contribution in [2.75, 3.05) is 11.9 Å². The van der Waals surface area contributed by atoms with E-state index in [1.807, 2.05) is 12.1 Å². The van der Waals surface area contributed by atoms with Crippen LogP contribution in [0.5, 0.6) is 0 Å². The number of hydrogen-bond acceptors (Lipinski definition) is 6. The predicted octanol–water partition coefficient (Wildman–Crippen LogP) is 3.49. The van der Waals surface area contributed by atoms with Crippen LogP contribution in [-0.4, -0.2) is 65.3 Å². The molecule has 2 aromatic rings. The van der Waals surface area contributed by atoms with Crippen molar-refractivity contribution in [1.82, 2.24) is 15.5 Å². The lowest BCUT2D eigenvalue weighted by Crippen LogP contribution is -2.54. The van der Waals surface area contributed by atoms with Gasteiger partial charge >= 0.3 is 5.97 Å². The molecule has 0 spiro atoms. The minimum absolute atomic E-state index is 0.0629. The van der Waals surface area contributed by atoms with Crippen LogP contribution in [0.1, 0.15) is 55.5 Å². The Hall–Kier alpha value is -3.63. The van der Waals surface area contributed by atoms with Crippen molar-refractivity contribution in [3.05, 3.63) is 63.6 Å². The molecule has 0 saturated carbocycles. The highest BCUT2D eigenvalue weighted by molar-refractivity contribution is 6.34. The van der Waals surface area contributed by atoms with E-state index in [1.54, 1.807) is 19.1 Å². The normalized spacial score (nSPS) is 20.7. The highest BCUT2D eigenvalue weighted by atomic mass is 35.5. The number of amides is 4. The van der Waals surface area contributed by atoms with Gasteiger partial charge in [0, 0.05) is 24.1 Å². The number of carbonyl (C=O) groups is 5. The molecule has 0 aliphatic carbocycles. The first-order chi connectivity index (χ1) is 19.5. The Kier molecular flexibility index (Phi) is 9.88. The van der Waals surface area contributed by atoms with E-state index in [0.717, 1.165) is 5.56 Å². The highest BCUT2D eigenvalue weighted by Crippen LogP contribution is 2.25. The number of carbonyl (C=O) groups excluding carboxylic acids is 5. The number of cyclic esters (lactones) is 1. The van der Waals surface area contributed by atoms with Gasteiger partial charge in [-0.1, -0.05) is 35.3 Å². The third kappa shape index (κ3) is 7.77. The van der Waals surface area contributed by atoms with Gasteiger partial charge in [0.2, 0.25) is 17.7 Å². The molecular formula is C29H32Cl2N4O6.